The Bertz CT molecular complexity index is 942. The smallest absolute Gasteiger partial charge is 0.223 e. The fraction of sp³-hybridized carbons (Fsp3) is 0.300. The van der Waals surface area contributed by atoms with Gasteiger partial charge in [0.1, 0.15) is 11.3 Å². The van der Waals surface area contributed by atoms with E-state index in [0.717, 1.165) is 28.2 Å². The molecule has 1 N–H and O–H groups in total. The molecule has 0 saturated heterocycles. The maximum atomic E-state index is 11.8. The molecule has 0 radical (unpaired) electrons. The van der Waals surface area contributed by atoms with Crippen LogP contribution in [0.4, 0.5) is 11.4 Å². The second kappa shape index (κ2) is 6.59. The van der Waals surface area contributed by atoms with Crippen molar-refractivity contribution in [3.05, 3.63) is 53.3 Å². The molecule has 0 aliphatic heterocycles. The number of amides is 1. The average Bonchev–Trinajstić information content (AvgIpc) is 2.88. The molecule has 3 rings (SSSR count). The molecule has 0 unspecified atom stereocenters. The first-order chi connectivity index (χ1) is 11.9. The molecule has 3 aromatic rings. The molecule has 1 amide bonds. The molecular weight excluding hydrogens is 312 g/mol. The van der Waals surface area contributed by atoms with Crippen molar-refractivity contribution >= 4 is 28.3 Å². The summed E-state index contributed by atoms with van der Waals surface area (Å²) in [5.74, 6) is 0.944. The Morgan fingerprint density at radius 1 is 1.24 bits per heavy atom. The van der Waals surface area contributed by atoms with Crippen LogP contribution in [0.5, 0.6) is 0 Å². The van der Waals surface area contributed by atoms with Gasteiger partial charge in [-0.25, -0.2) is 4.98 Å². The van der Waals surface area contributed by atoms with E-state index >= 15 is 0 Å². The molecule has 0 aliphatic rings. The van der Waals surface area contributed by atoms with Crippen LogP contribution in [0.3, 0.4) is 0 Å². The molecule has 0 atom stereocenters. The number of carbonyl (C=O) groups is 1. The molecule has 0 fully saturated rings. The van der Waals surface area contributed by atoms with Gasteiger partial charge in [0.05, 0.1) is 11.2 Å². The molecule has 2 aromatic carbocycles. The van der Waals surface area contributed by atoms with E-state index < -0.39 is 0 Å². The number of benzene rings is 2. The number of carbonyl (C=O) groups excluding carboxylic acids is 1. The molecule has 130 valence electrons. The van der Waals surface area contributed by atoms with Crippen molar-refractivity contribution in [2.45, 2.75) is 27.3 Å². The van der Waals surface area contributed by atoms with E-state index in [1.165, 1.54) is 11.1 Å². The molecule has 25 heavy (non-hydrogen) atoms. The van der Waals surface area contributed by atoms with Gasteiger partial charge in [0.15, 0.2) is 0 Å². The summed E-state index contributed by atoms with van der Waals surface area (Å²) in [5, 5.41) is 3.51. The summed E-state index contributed by atoms with van der Waals surface area (Å²) in [6, 6.07) is 12.3. The highest BCUT2D eigenvalue weighted by Crippen LogP contribution is 2.30. The zero-order valence-corrected chi connectivity index (χ0v) is 15.4. The minimum Gasteiger partial charge on any atom is -0.379 e. The van der Waals surface area contributed by atoms with Crippen LogP contribution in [-0.4, -0.2) is 22.5 Å². The first kappa shape index (κ1) is 17.0. The fourth-order valence-electron chi connectivity index (χ4n) is 2.90. The number of rotatable bonds is 4. The van der Waals surface area contributed by atoms with Crippen molar-refractivity contribution in [3.63, 3.8) is 0 Å². The zero-order chi connectivity index (χ0) is 18.1. The third kappa shape index (κ3) is 3.22. The highest BCUT2D eigenvalue weighted by molar-refractivity contribution is 5.98. The summed E-state index contributed by atoms with van der Waals surface area (Å²) in [4.78, 5) is 18.1. The van der Waals surface area contributed by atoms with Gasteiger partial charge < -0.3 is 14.8 Å². The molecule has 1 heterocycles. The Balaban J connectivity index is 2.04. The number of fused-ring (bicyclic) bond motifs is 1. The number of nitrogens with one attached hydrogen (secondary N) is 1. The number of aryl methyl sites for hydroxylation is 3. The summed E-state index contributed by atoms with van der Waals surface area (Å²) in [7, 11) is 3.78. The molecule has 5 nitrogen and oxygen atoms in total. The largest absolute Gasteiger partial charge is 0.379 e. The lowest BCUT2D eigenvalue weighted by atomic mass is 10.1. The highest BCUT2D eigenvalue weighted by Gasteiger charge is 2.14. The van der Waals surface area contributed by atoms with Crippen LogP contribution in [0, 0.1) is 13.8 Å². The minimum absolute atomic E-state index is 0.00286. The van der Waals surface area contributed by atoms with Gasteiger partial charge in [0, 0.05) is 33.3 Å². The van der Waals surface area contributed by atoms with Crippen molar-refractivity contribution in [2.24, 2.45) is 7.05 Å². The fourth-order valence-corrected chi connectivity index (χ4v) is 2.90. The van der Waals surface area contributed by atoms with E-state index in [0.29, 0.717) is 6.54 Å². The van der Waals surface area contributed by atoms with Gasteiger partial charge >= 0.3 is 0 Å². The molecular formula is C20H24N4O. The second-order valence-electron chi connectivity index (χ2n) is 6.44. The number of imidazole rings is 1. The van der Waals surface area contributed by atoms with Crippen LogP contribution in [0.2, 0.25) is 0 Å². The van der Waals surface area contributed by atoms with Gasteiger partial charge in [-0.3, -0.25) is 4.79 Å². The topological polar surface area (TPSA) is 50.2 Å². The standard InChI is InChI=1S/C20H24N4O/c1-13-8-6-7-9-16(13)12-21-18-10-17(24(5)15(3)25)11-19-20(18)22-14(2)23(19)4/h6-11,21H,12H2,1-5H3. The van der Waals surface area contributed by atoms with Crippen molar-refractivity contribution in [1.82, 2.24) is 9.55 Å². The Kier molecular flexibility index (Phi) is 4.49. The number of aromatic nitrogens is 2. The van der Waals surface area contributed by atoms with Crippen LogP contribution in [-0.2, 0) is 18.4 Å². The van der Waals surface area contributed by atoms with Crippen LogP contribution in [0.1, 0.15) is 23.9 Å². The molecule has 0 aliphatic carbocycles. The van der Waals surface area contributed by atoms with Crippen molar-refractivity contribution in [3.8, 4) is 0 Å². The normalized spacial score (nSPS) is 10.9. The quantitative estimate of drug-likeness (QED) is 0.789. The summed E-state index contributed by atoms with van der Waals surface area (Å²) < 4.78 is 2.05. The summed E-state index contributed by atoms with van der Waals surface area (Å²) in [6.45, 7) is 6.38. The van der Waals surface area contributed by atoms with Gasteiger partial charge in [-0.1, -0.05) is 24.3 Å². The summed E-state index contributed by atoms with van der Waals surface area (Å²) >= 11 is 0. The molecule has 1 aromatic heterocycles. The Morgan fingerprint density at radius 2 is 1.96 bits per heavy atom. The van der Waals surface area contributed by atoms with Gasteiger partial charge in [-0.05, 0) is 37.1 Å². The minimum atomic E-state index is 0.00286. The van der Waals surface area contributed by atoms with E-state index in [9.17, 15) is 4.79 Å². The monoisotopic (exact) mass is 336 g/mol. The lowest BCUT2D eigenvalue weighted by Gasteiger charge is -2.18. The Morgan fingerprint density at radius 3 is 2.64 bits per heavy atom. The highest BCUT2D eigenvalue weighted by atomic mass is 16.2. The maximum Gasteiger partial charge on any atom is 0.223 e. The van der Waals surface area contributed by atoms with Gasteiger partial charge in [0.2, 0.25) is 5.91 Å². The zero-order valence-electron chi connectivity index (χ0n) is 15.4. The van der Waals surface area contributed by atoms with Crippen LogP contribution < -0.4 is 10.2 Å². The second-order valence-corrected chi connectivity index (χ2v) is 6.44. The predicted octanol–water partition coefficient (Wildman–Crippen LogP) is 3.78. The first-order valence-corrected chi connectivity index (χ1v) is 8.38. The Hall–Kier alpha value is -2.82. The first-order valence-electron chi connectivity index (χ1n) is 8.38. The predicted molar refractivity (Wildman–Crippen MR) is 103 cm³/mol. The average molecular weight is 336 g/mol. The molecule has 0 bridgehead atoms. The molecule has 0 spiro atoms. The van der Waals surface area contributed by atoms with Gasteiger partial charge in [0.25, 0.3) is 0 Å². The molecule has 0 saturated carbocycles. The lowest BCUT2D eigenvalue weighted by Crippen LogP contribution is -2.23. The number of hydrogen-bond acceptors (Lipinski definition) is 3. The number of nitrogens with zero attached hydrogens (tertiary/aromatic N) is 3. The third-order valence-corrected chi connectivity index (χ3v) is 4.79. The van der Waals surface area contributed by atoms with Gasteiger partial charge in [-0.2, -0.15) is 0 Å². The van der Waals surface area contributed by atoms with Crippen LogP contribution in [0.15, 0.2) is 36.4 Å². The van der Waals surface area contributed by atoms with Crippen LogP contribution >= 0.6 is 0 Å². The van der Waals surface area contributed by atoms with Crippen molar-refractivity contribution < 1.29 is 4.79 Å². The van der Waals surface area contributed by atoms with Crippen molar-refractivity contribution in [1.29, 1.82) is 0 Å². The van der Waals surface area contributed by atoms with E-state index in [2.05, 4.69) is 29.4 Å². The summed E-state index contributed by atoms with van der Waals surface area (Å²) in [5.41, 5.74) is 6.22. The number of anilines is 2. The number of hydrogen-bond donors (Lipinski definition) is 1. The van der Waals surface area contributed by atoms with Gasteiger partial charge in [-0.15, -0.1) is 0 Å². The maximum absolute atomic E-state index is 11.8. The molecule has 5 heteroatoms. The summed E-state index contributed by atoms with van der Waals surface area (Å²) in [6.07, 6.45) is 0. The Labute approximate surface area is 148 Å². The van der Waals surface area contributed by atoms with Crippen molar-refractivity contribution in [2.75, 3.05) is 17.3 Å². The SMILES string of the molecule is CC(=O)N(C)c1cc(NCc2ccccc2C)c2nc(C)n(C)c2c1. The third-order valence-electron chi connectivity index (χ3n) is 4.79. The van der Waals surface area contributed by atoms with E-state index in [1.807, 2.05) is 42.8 Å². The van der Waals surface area contributed by atoms with E-state index in [1.54, 1.807) is 18.9 Å². The van der Waals surface area contributed by atoms with E-state index in [-0.39, 0.29) is 5.91 Å². The van der Waals surface area contributed by atoms with Crippen LogP contribution in [0.25, 0.3) is 11.0 Å². The van der Waals surface area contributed by atoms with E-state index in [4.69, 9.17) is 0 Å². The lowest BCUT2D eigenvalue weighted by molar-refractivity contribution is -0.116.